The Hall–Kier alpha value is -2.86. The average molecular weight is 566 g/mol. The van der Waals surface area contributed by atoms with E-state index in [4.69, 9.17) is 16.0 Å². The van der Waals surface area contributed by atoms with Crippen molar-refractivity contribution in [1.82, 2.24) is 9.99 Å². The van der Waals surface area contributed by atoms with Gasteiger partial charge in [0.25, 0.3) is 0 Å². The highest BCUT2D eigenvalue weighted by atomic mass is 79.9. The predicted octanol–water partition coefficient (Wildman–Crippen LogP) is 5.45. The van der Waals surface area contributed by atoms with Gasteiger partial charge in [-0.1, -0.05) is 46.3 Å². The zero-order valence-corrected chi connectivity index (χ0v) is 22.5. The molecule has 5 rings (SSSR count). The second-order valence-corrected chi connectivity index (χ2v) is 11.0. The van der Waals surface area contributed by atoms with Crippen molar-refractivity contribution < 1.29 is 19.4 Å². The third-order valence-electron chi connectivity index (χ3n) is 8.01. The van der Waals surface area contributed by atoms with Crippen LogP contribution in [-0.4, -0.2) is 47.4 Å². The van der Waals surface area contributed by atoms with Crippen molar-refractivity contribution in [1.29, 1.82) is 0 Å². The number of aromatic amines is 1. The molecule has 1 fully saturated rings. The van der Waals surface area contributed by atoms with Gasteiger partial charge in [0, 0.05) is 21.1 Å². The number of nitrogens with zero attached hydrogens (tertiary/aromatic N) is 2. The standard InChI is InChI=1S/C29H32BrN3O4/c1-31-33-14-13-22-21-5-3-4-6-24(21)32-28(22)26(37-17-18-7-10-20(30)11-8-18)15-23-19(16-33)9-12-25(34)27(23)29(35)36-2/h3-8,10-11,19,23,25-27,32,34H,9,12-17H2,2H3/t19-,23-,25-,26+,27+/m0/s1. The van der Waals surface area contributed by atoms with E-state index in [1.807, 2.05) is 36.4 Å². The molecule has 2 heterocycles. The van der Waals surface area contributed by atoms with Crippen molar-refractivity contribution in [3.05, 3.63) is 81.4 Å². The molecule has 0 amide bonds. The number of para-hydroxylation sites is 1. The second-order valence-electron chi connectivity index (χ2n) is 10.1. The monoisotopic (exact) mass is 565 g/mol. The summed E-state index contributed by atoms with van der Waals surface area (Å²) in [7, 11) is 1.38. The van der Waals surface area contributed by atoms with E-state index in [0.29, 0.717) is 32.5 Å². The van der Waals surface area contributed by atoms with E-state index >= 15 is 0 Å². The van der Waals surface area contributed by atoms with Crippen LogP contribution in [0.1, 0.15) is 42.2 Å². The fourth-order valence-electron chi connectivity index (χ4n) is 6.14. The largest absolute Gasteiger partial charge is 0.469 e. The van der Waals surface area contributed by atoms with Gasteiger partial charge in [-0.15, -0.1) is 5.01 Å². The average Bonchev–Trinajstić information content (AvgIpc) is 3.29. The van der Waals surface area contributed by atoms with Crippen LogP contribution in [0.25, 0.3) is 15.9 Å². The SMILES string of the molecule is [C-]#[N+]N1CCc2c([nH]c3ccccc23)[C@H](OCc2ccc(Br)cc2)C[C@H]2[C@@H](CC[C@H](O)[C@@H]2C(=O)OC)C1. The Morgan fingerprint density at radius 2 is 2.00 bits per heavy atom. The minimum Gasteiger partial charge on any atom is -0.469 e. The minimum absolute atomic E-state index is 0.0753. The third kappa shape index (κ3) is 5.40. The number of hydrogen-bond donors (Lipinski definition) is 2. The van der Waals surface area contributed by atoms with Gasteiger partial charge in [-0.25, -0.2) is 0 Å². The minimum atomic E-state index is -0.771. The number of methoxy groups -OCH3 is 1. The normalized spacial score (nSPS) is 26.1. The molecule has 194 valence electrons. The number of fused-ring (bicyclic) bond motifs is 4. The molecule has 2 N–H and O–H groups in total. The van der Waals surface area contributed by atoms with E-state index < -0.39 is 18.0 Å². The number of carbonyl (C=O) groups is 1. The molecule has 2 aromatic carbocycles. The summed E-state index contributed by atoms with van der Waals surface area (Å²) in [6, 6.07) is 16.3. The number of H-pyrrole nitrogens is 1. The molecule has 0 radical (unpaired) electrons. The first-order chi connectivity index (χ1) is 18.0. The molecule has 37 heavy (non-hydrogen) atoms. The van der Waals surface area contributed by atoms with E-state index in [1.165, 1.54) is 7.11 Å². The molecule has 2 aliphatic rings. The van der Waals surface area contributed by atoms with Gasteiger partial charge in [0.2, 0.25) is 0 Å². The van der Waals surface area contributed by atoms with Gasteiger partial charge in [-0.05, 0) is 66.8 Å². The maximum atomic E-state index is 12.9. The van der Waals surface area contributed by atoms with Crippen LogP contribution in [0, 0.1) is 24.3 Å². The lowest BCUT2D eigenvalue weighted by Gasteiger charge is -2.41. The highest BCUT2D eigenvalue weighted by molar-refractivity contribution is 9.10. The summed E-state index contributed by atoms with van der Waals surface area (Å²) >= 11 is 3.49. The number of carbonyl (C=O) groups excluding carboxylic acids is 1. The van der Waals surface area contributed by atoms with Gasteiger partial charge < -0.3 is 19.6 Å². The zero-order valence-electron chi connectivity index (χ0n) is 20.9. The summed E-state index contributed by atoms with van der Waals surface area (Å²) < 4.78 is 12.8. The Morgan fingerprint density at radius 1 is 1.22 bits per heavy atom. The van der Waals surface area contributed by atoms with E-state index in [2.05, 4.69) is 38.0 Å². The number of ether oxygens (including phenoxy) is 2. The number of nitrogens with one attached hydrogen (secondary N) is 1. The first-order valence-corrected chi connectivity index (χ1v) is 13.6. The Kier molecular flexibility index (Phi) is 7.84. The van der Waals surface area contributed by atoms with Crippen molar-refractivity contribution >= 4 is 32.8 Å². The summed E-state index contributed by atoms with van der Waals surface area (Å²) in [5.41, 5.74) is 4.23. The van der Waals surface area contributed by atoms with E-state index in [-0.39, 0.29) is 17.9 Å². The summed E-state index contributed by atoms with van der Waals surface area (Å²) in [5.74, 6) is -1.15. The van der Waals surface area contributed by atoms with Crippen LogP contribution >= 0.6 is 15.9 Å². The highest BCUT2D eigenvalue weighted by Gasteiger charge is 2.46. The van der Waals surface area contributed by atoms with Crippen molar-refractivity contribution in [2.75, 3.05) is 20.2 Å². The maximum absolute atomic E-state index is 12.9. The fraction of sp³-hybridized carbons (Fsp3) is 0.448. The van der Waals surface area contributed by atoms with Crippen LogP contribution in [0.3, 0.4) is 0 Å². The lowest BCUT2D eigenvalue weighted by molar-refractivity contribution is -0.158. The summed E-state index contributed by atoms with van der Waals surface area (Å²) in [4.78, 5) is 20.4. The lowest BCUT2D eigenvalue weighted by Crippen LogP contribution is -2.47. The molecule has 1 aliphatic carbocycles. The van der Waals surface area contributed by atoms with Crippen LogP contribution in [-0.2, 0) is 27.3 Å². The second kappa shape index (κ2) is 11.3. The lowest BCUT2D eigenvalue weighted by atomic mass is 9.67. The zero-order chi connectivity index (χ0) is 25.9. The van der Waals surface area contributed by atoms with Crippen molar-refractivity contribution in [2.45, 2.75) is 44.5 Å². The third-order valence-corrected chi connectivity index (χ3v) is 8.54. The smallest absolute Gasteiger partial charge is 0.311 e. The molecule has 7 nitrogen and oxygen atoms in total. The molecular weight excluding hydrogens is 534 g/mol. The number of benzene rings is 2. The van der Waals surface area contributed by atoms with Gasteiger partial charge in [-0.3, -0.25) is 4.79 Å². The fourth-order valence-corrected chi connectivity index (χ4v) is 6.41. The molecule has 0 saturated heterocycles. The van der Waals surface area contributed by atoms with E-state index in [0.717, 1.165) is 45.0 Å². The Labute approximate surface area is 225 Å². The molecular formula is C29H32BrN3O4. The molecule has 5 atom stereocenters. The molecule has 1 aliphatic heterocycles. The number of hydrogen-bond acceptors (Lipinski definition) is 5. The van der Waals surface area contributed by atoms with Gasteiger partial charge >= 0.3 is 5.97 Å². The molecule has 0 unspecified atom stereocenters. The molecule has 0 spiro atoms. The topological polar surface area (TPSA) is 79.2 Å². The number of esters is 1. The predicted molar refractivity (Wildman–Crippen MR) is 144 cm³/mol. The quantitative estimate of drug-likeness (QED) is 0.325. The first kappa shape index (κ1) is 25.8. The molecule has 1 aromatic heterocycles. The summed E-state index contributed by atoms with van der Waals surface area (Å²) in [6.07, 6.45) is 1.46. The number of aromatic nitrogens is 1. The van der Waals surface area contributed by atoms with Crippen LogP contribution in [0.5, 0.6) is 0 Å². The Balaban J connectivity index is 1.58. The molecule has 1 saturated carbocycles. The van der Waals surface area contributed by atoms with Crippen molar-refractivity contribution in [2.24, 2.45) is 17.8 Å². The van der Waals surface area contributed by atoms with Crippen LogP contribution in [0.2, 0.25) is 0 Å². The van der Waals surface area contributed by atoms with Gasteiger partial charge in [0.1, 0.15) is 0 Å². The number of aliphatic hydroxyl groups is 1. The highest BCUT2D eigenvalue weighted by Crippen LogP contribution is 2.44. The van der Waals surface area contributed by atoms with Crippen LogP contribution < -0.4 is 0 Å². The Bertz CT molecular complexity index is 1280. The van der Waals surface area contributed by atoms with E-state index in [1.54, 1.807) is 5.01 Å². The van der Waals surface area contributed by atoms with Gasteiger partial charge in [0.05, 0.1) is 44.9 Å². The van der Waals surface area contributed by atoms with E-state index in [9.17, 15) is 9.90 Å². The number of halogens is 1. The molecule has 3 aromatic rings. The first-order valence-electron chi connectivity index (χ1n) is 12.8. The molecule has 0 bridgehead atoms. The van der Waals surface area contributed by atoms with Gasteiger partial charge in [0.15, 0.2) is 0 Å². The van der Waals surface area contributed by atoms with Crippen molar-refractivity contribution in [3.63, 3.8) is 0 Å². The summed E-state index contributed by atoms with van der Waals surface area (Å²) in [5, 5.41) is 13.8. The maximum Gasteiger partial charge on any atom is 0.311 e. The van der Waals surface area contributed by atoms with Gasteiger partial charge in [-0.2, -0.15) is 11.5 Å². The summed E-state index contributed by atoms with van der Waals surface area (Å²) in [6.45, 7) is 9.38. The number of aliphatic hydroxyl groups excluding tert-OH is 1. The number of rotatable bonds is 4. The Morgan fingerprint density at radius 3 is 2.76 bits per heavy atom. The molecule has 8 heteroatoms. The van der Waals surface area contributed by atoms with Crippen LogP contribution in [0.4, 0.5) is 0 Å². The van der Waals surface area contributed by atoms with Crippen molar-refractivity contribution in [3.8, 4) is 0 Å². The van der Waals surface area contributed by atoms with Crippen LogP contribution in [0.15, 0.2) is 53.0 Å².